The van der Waals surface area contributed by atoms with Crippen LogP contribution in [-0.2, 0) is 4.74 Å². The molecular weight excluding hydrogens is 270 g/mol. The number of ether oxygens (including phenoxy) is 1. The van der Waals surface area contributed by atoms with E-state index in [4.69, 9.17) is 15.9 Å². The number of hydrogen-bond acceptors (Lipinski definition) is 3. The van der Waals surface area contributed by atoms with Crippen LogP contribution in [0.15, 0.2) is 22.7 Å². The van der Waals surface area contributed by atoms with E-state index in [1.165, 1.54) is 0 Å². The second-order valence-electron chi connectivity index (χ2n) is 3.54. The van der Waals surface area contributed by atoms with Gasteiger partial charge in [-0.25, -0.2) is 0 Å². The van der Waals surface area contributed by atoms with Crippen LogP contribution in [0.5, 0.6) is 0 Å². The lowest BCUT2D eigenvalue weighted by Gasteiger charge is -2.13. The van der Waals surface area contributed by atoms with Crippen molar-refractivity contribution in [2.45, 2.75) is 13.0 Å². The van der Waals surface area contributed by atoms with Gasteiger partial charge in [0, 0.05) is 29.4 Å². The molecule has 0 aliphatic heterocycles. The van der Waals surface area contributed by atoms with Gasteiger partial charge in [0.1, 0.15) is 5.84 Å². The standard InChI is InChI=1S/C11H16BrN3O/c1-7(16-2)6-15-10-4-3-8(11(13)14)5-9(10)12/h3-5,7,15H,6H2,1-2H3,(H3,13,14). The van der Waals surface area contributed by atoms with Crippen LogP contribution in [0.3, 0.4) is 0 Å². The molecule has 88 valence electrons. The van der Waals surface area contributed by atoms with Crippen molar-refractivity contribution in [2.24, 2.45) is 5.73 Å². The molecular formula is C11H16BrN3O. The van der Waals surface area contributed by atoms with Crippen LogP contribution in [0.4, 0.5) is 5.69 Å². The summed E-state index contributed by atoms with van der Waals surface area (Å²) in [5.41, 5.74) is 7.07. The number of amidine groups is 1. The summed E-state index contributed by atoms with van der Waals surface area (Å²) in [6.07, 6.45) is 0.152. The van der Waals surface area contributed by atoms with Crippen molar-refractivity contribution in [1.82, 2.24) is 0 Å². The van der Waals surface area contributed by atoms with Crippen LogP contribution in [0.2, 0.25) is 0 Å². The van der Waals surface area contributed by atoms with E-state index in [1.54, 1.807) is 7.11 Å². The molecule has 0 radical (unpaired) electrons. The molecule has 1 atom stereocenters. The molecule has 0 aliphatic rings. The molecule has 4 N–H and O–H groups in total. The molecule has 0 bridgehead atoms. The molecule has 0 saturated carbocycles. The first-order chi connectivity index (χ1) is 7.54. The summed E-state index contributed by atoms with van der Waals surface area (Å²) in [7, 11) is 1.68. The molecule has 16 heavy (non-hydrogen) atoms. The number of benzene rings is 1. The molecule has 1 unspecified atom stereocenters. The van der Waals surface area contributed by atoms with E-state index in [0.29, 0.717) is 5.56 Å². The van der Waals surface area contributed by atoms with Crippen molar-refractivity contribution in [3.63, 3.8) is 0 Å². The number of rotatable bonds is 5. The van der Waals surface area contributed by atoms with Crippen molar-refractivity contribution in [3.05, 3.63) is 28.2 Å². The van der Waals surface area contributed by atoms with Gasteiger partial charge in [-0.1, -0.05) is 0 Å². The fourth-order valence-corrected chi connectivity index (χ4v) is 1.68. The molecule has 0 heterocycles. The fourth-order valence-electron chi connectivity index (χ4n) is 1.16. The Morgan fingerprint density at radius 1 is 1.62 bits per heavy atom. The highest BCUT2D eigenvalue weighted by Gasteiger charge is 2.04. The van der Waals surface area contributed by atoms with E-state index in [0.717, 1.165) is 16.7 Å². The van der Waals surface area contributed by atoms with E-state index in [1.807, 2.05) is 25.1 Å². The zero-order chi connectivity index (χ0) is 12.1. The average Bonchev–Trinajstić information content (AvgIpc) is 2.26. The molecule has 0 spiro atoms. The zero-order valence-corrected chi connectivity index (χ0v) is 11.0. The van der Waals surface area contributed by atoms with Gasteiger partial charge in [-0.2, -0.15) is 0 Å². The zero-order valence-electron chi connectivity index (χ0n) is 9.38. The van der Waals surface area contributed by atoms with Gasteiger partial charge in [0.2, 0.25) is 0 Å². The van der Waals surface area contributed by atoms with Crippen LogP contribution in [0, 0.1) is 5.41 Å². The molecule has 0 fully saturated rings. The molecule has 0 amide bonds. The quantitative estimate of drug-likeness (QED) is 0.574. The molecule has 1 rings (SSSR count). The molecule has 0 aliphatic carbocycles. The van der Waals surface area contributed by atoms with Crippen molar-refractivity contribution in [3.8, 4) is 0 Å². The third-order valence-corrected chi connectivity index (χ3v) is 2.92. The monoisotopic (exact) mass is 285 g/mol. The number of halogens is 1. The highest BCUT2D eigenvalue weighted by molar-refractivity contribution is 9.10. The van der Waals surface area contributed by atoms with E-state index in [2.05, 4.69) is 21.2 Å². The van der Waals surface area contributed by atoms with Gasteiger partial charge in [0.05, 0.1) is 6.10 Å². The van der Waals surface area contributed by atoms with Crippen molar-refractivity contribution >= 4 is 27.5 Å². The highest BCUT2D eigenvalue weighted by atomic mass is 79.9. The highest BCUT2D eigenvalue weighted by Crippen LogP contribution is 2.23. The Kier molecular flexibility index (Phi) is 4.76. The minimum Gasteiger partial charge on any atom is -0.384 e. The van der Waals surface area contributed by atoms with Gasteiger partial charge in [0.15, 0.2) is 0 Å². The number of anilines is 1. The maximum absolute atomic E-state index is 7.32. The largest absolute Gasteiger partial charge is 0.384 e. The maximum atomic E-state index is 7.32. The van der Waals surface area contributed by atoms with Crippen molar-refractivity contribution in [1.29, 1.82) is 5.41 Å². The third kappa shape index (κ3) is 3.50. The Bertz CT molecular complexity index is 381. The minimum atomic E-state index is 0.0671. The van der Waals surface area contributed by atoms with E-state index in [-0.39, 0.29) is 11.9 Å². The Balaban J connectivity index is 2.72. The summed E-state index contributed by atoms with van der Waals surface area (Å²) in [4.78, 5) is 0. The summed E-state index contributed by atoms with van der Waals surface area (Å²) in [6, 6.07) is 5.53. The Labute approximate surface area is 104 Å². The fraction of sp³-hybridized carbons (Fsp3) is 0.364. The van der Waals surface area contributed by atoms with Gasteiger partial charge >= 0.3 is 0 Å². The molecule has 1 aromatic carbocycles. The normalized spacial score (nSPS) is 12.2. The average molecular weight is 286 g/mol. The van der Waals surface area contributed by atoms with Gasteiger partial charge < -0.3 is 15.8 Å². The maximum Gasteiger partial charge on any atom is 0.122 e. The first-order valence-corrected chi connectivity index (χ1v) is 5.74. The predicted octanol–water partition coefficient (Wildman–Crippen LogP) is 2.18. The Morgan fingerprint density at radius 3 is 2.81 bits per heavy atom. The summed E-state index contributed by atoms with van der Waals surface area (Å²) < 4.78 is 6.03. The molecule has 0 saturated heterocycles. The van der Waals surface area contributed by atoms with Crippen LogP contribution in [-0.4, -0.2) is 25.6 Å². The van der Waals surface area contributed by atoms with Crippen LogP contribution >= 0.6 is 15.9 Å². The minimum absolute atomic E-state index is 0.0671. The second kappa shape index (κ2) is 5.86. The van der Waals surface area contributed by atoms with Crippen molar-refractivity contribution < 1.29 is 4.74 Å². The lowest BCUT2D eigenvalue weighted by Crippen LogP contribution is -2.18. The van der Waals surface area contributed by atoms with Crippen molar-refractivity contribution in [2.75, 3.05) is 19.0 Å². The van der Waals surface area contributed by atoms with E-state index < -0.39 is 0 Å². The smallest absolute Gasteiger partial charge is 0.122 e. The topological polar surface area (TPSA) is 71.1 Å². The predicted molar refractivity (Wildman–Crippen MR) is 70.1 cm³/mol. The van der Waals surface area contributed by atoms with E-state index >= 15 is 0 Å². The first kappa shape index (κ1) is 13.0. The first-order valence-electron chi connectivity index (χ1n) is 4.95. The molecule has 0 aromatic heterocycles. The van der Waals surface area contributed by atoms with Gasteiger partial charge in [-0.05, 0) is 41.1 Å². The summed E-state index contributed by atoms with van der Waals surface area (Å²) >= 11 is 3.43. The lowest BCUT2D eigenvalue weighted by atomic mass is 10.2. The number of nitrogen functional groups attached to an aromatic ring is 1. The number of nitrogens with one attached hydrogen (secondary N) is 2. The third-order valence-electron chi connectivity index (χ3n) is 2.26. The summed E-state index contributed by atoms with van der Waals surface area (Å²) in [5.74, 6) is 0.0671. The molecule has 5 heteroatoms. The molecule has 1 aromatic rings. The molecule has 4 nitrogen and oxygen atoms in total. The van der Waals surface area contributed by atoms with Crippen LogP contribution in [0.1, 0.15) is 12.5 Å². The summed E-state index contributed by atoms with van der Waals surface area (Å²) in [5, 5.41) is 10.6. The Hall–Kier alpha value is -1.07. The second-order valence-corrected chi connectivity index (χ2v) is 4.39. The van der Waals surface area contributed by atoms with Gasteiger partial charge in [-0.3, -0.25) is 5.41 Å². The van der Waals surface area contributed by atoms with Crippen LogP contribution in [0.25, 0.3) is 0 Å². The SMILES string of the molecule is COC(C)CNc1ccc(C(=N)N)cc1Br. The summed E-state index contributed by atoms with van der Waals surface area (Å²) in [6.45, 7) is 2.72. The van der Waals surface area contributed by atoms with Crippen LogP contribution < -0.4 is 11.1 Å². The van der Waals surface area contributed by atoms with E-state index in [9.17, 15) is 0 Å². The van der Waals surface area contributed by atoms with Gasteiger partial charge in [0.25, 0.3) is 0 Å². The lowest BCUT2D eigenvalue weighted by molar-refractivity contribution is 0.129. The number of hydrogen-bond donors (Lipinski definition) is 3. The van der Waals surface area contributed by atoms with Gasteiger partial charge in [-0.15, -0.1) is 0 Å². The Morgan fingerprint density at radius 2 is 2.31 bits per heavy atom. The number of nitrogens with two attached hydrogens (primary N) is 1. The number of methoxy groups -OCH3 is 1.